The smallest absolute Gasteiger partial charge is 0.166 e. The predicted octanol–water partition coefficient (Wildman–Crippen LogP) is 1.13. The number of nitrogens with two attached hydrogens (primary N) is 1. The highest BCUT2D eigenvalue weighted by Crippen LogP contribution is 2.31. The Morgan fingerprint density at radius 3 is 2.96 bits per heavy atom. The van der Waals surface area contributed by atoms with Crippen LogP contribution in [-0.2, 0) is 12.1 Å². The predicted molar refractivity (Wildman–Crippen MR) is 86.5 cm³/mol. The van der Waals surface area contributed by atoms with E-state index in [1.165, 1.54) is 12.3 Å². The third kappa shape index (κ3) is 2.37. The Morgan fingerprint density at radius 1 is 1.25 bits per heavy atom. The van der Waals surface area contributed by atoms with E-state index < -0.39 is 5.66 Å². The zero-order valence-electron chi connectivity index (χ0n) is 12.6. The van der Waals surface area contributed by atoms with Gasteiger partial charge < -0.3 is 11.1 Å². The molecule has 3 aromatic heterocycles. The first-order chi connectivity index (χ1) is 11.7. The van der Waals surface area contributed by atoms with Crippen molar-refractivity contribution in [3.8, 4) is 0 Å². The van der Waals surface area contributed by atoms with Gasteiger partial charge in [-0.3, -0.25) is 9.97 Å². The van der Waals surface area contributed by atoms with Crippen LogP contribution in [0.3, 0.4) is 0 Å². The van der Waals surface area contributed by atoms with Crippen LogP contribution in [-0.4, -0.2) is 25.4 Å². The first-order valence-corrected chi connectivity index (χ1v) is 7.34. The average molecular weight is 323 g/mol. The summed E-state index contributed by atoms with van der Waals surface area (Å²) < 4.78 is 14.9. The van der Waals surface area contributed by atoms with Crippen molar-refractivity contribution < 1.29 is 4.39 Å². The van der Waals surface area contributed by atoms with Crippen molar-refractivity contribution >= 4 is 11.4 Å². The minimum atomic E-state index is -0.881. The highest BCUT2D eigenvalue weighted by Gasteiger charge is 2.36. The molecule has 120 valence electrons. The van der Waals surface area contributed by atoms with Crippen LogP contribution in [0.1, 0.15) is 11.3 Å². The van der Waals surface area contributed by atoms with Gasteiger partial charge in [-0.25, -0.2) is 13.9 Å². The number of amidine groups is 1. The van der Waals surface area contributed by atoms with E-state index in [1.54, 1.807) is 47.6 Å². The lowest BCUT2D eigenvalue weighted by molar-refractivity contribution is 0.388. The van der Waals surface area contributed by atoms with Crippen molar-refractivity contribution in [2.45, 2.75) is 12.1 Å². The minimum absolute atomic E-state index is 0.382. The lowest BCUT2D eigenvalue weighted by Crippen LogP contribution is -2.43. The molecule has 3 N–H and O–H groups in total. The number of rotatable bonds is 3. The van der Waals surface area contributed by atoms with Gasteiger partial charge in [-0.05, 0) is 18.2 Å². The molecule has 1 atom stereocenters. The van der Waals surface area contributed by atoms with E-state index in [2.05, 4.69) is 25.4 Å². The molecule has 4 heterocycles. The van der Waals surface area contributed by atoms with Crippen LogP contribution in [0.4, 0.5) is 4.39 Å². The Balaban J connectivity index is 1.85. The molecule has 0 spiro atoms. The highest BCUT2D eigenvalue weighted by molar-refractivity contribution is 5.92. The third-order valence-corrected chi connectivity index (χ3v) is 3.89. The van der Waals surface area contributed by atoms with Crippen LogP contribution in [0.2, 0.25) is 0 Å². The van der Waals surface area contributed by atoms with Gasteiger partial charge >= 0.3 is 0 Å². The number of nitrogens with zero attached hydrogens (tertiary/aromatic N) is 5. The van der Waals surface area contributed by atoms with Gasteiger partial charge in [-0.2, -0.15) is 5.10 Å². The number of halogens is 1. The standard InChI is InChI=1S/C16H14FN7/c17-11-1-2-12(20-8-11)7-16(21-4-3-15(18)23-16)13-9-22-24-6-5-19-10-14(13)24/h1-6,8-10,21H,7H2,(H2,18,23). The van der Waals surface area contributed by atoms with Gasteiger partial charge in [0.1, 0.15) is 11.7 Å². The molecule has 0 amide bonds. The maximum atomic E-state index is 13.1. The van der Waals surface area contributed by atoms with Crippen molar-refractivity contribution in [3.63, 3.8) is 0 Å². The summed E-state index contributed by atoms with van der Waals surface area (Å²) in [5.74, 6) is 0.00611. The van der Waals surface area contributed by atoms with E-state index in [4.69, 9.17) is 5.73 Å². The number of nitrogens with one attached hydrogen (secondary N) is 1. The molecule has 24 heavy (non-hydrogen) atoms. The summed E-state index contributed by atoms with van der Waals surface area (Å²) in [4.78, 5) is 12.9. The molecule has 1 aliphatic rings. The molecule has 0 saturated heterocycles. The second kappa shape index (κ2) is 5.41. The third-order valence-electron chi connectivity index (χ3n) is 3.89. The fourth-order valence-corrected chi connectivity index (χ4v) is 2.80. The summed E-state index contributed by atoms with van der Waals surface area (Å²) in [6.45, 7) is 0. The molecule has 7 nitrogen and oxygen atoms in total. The molecule has 3 aromatic rings. The Morgan fingerprint density at radius 2 is 2.17 bits per heavy atom. The molecule has 0 bridgehead atoms. The van der Waals surface area contributed by atoms with Crippen LogP contribution >= 0.6 is 0 Å². The Kier molecular flexibility index (Phi) is 3.23. The van der Waals surface area contributed by atoms with Gasteiger partial charge in [0.05, 0.1) is 24.1 Å². The van der Waals surface area contributed by atoms with Crippen LogP contribution in [0.25, 0.3) is 5.52 Å². The molecule has 4 rings (SSSR count). The Labute approximate surface area is 136 Å². The molecular weight excluding hydrogens is 309 g/mol. The maximum absolute atomic E-state index is 13.1. The van der Waals surface area contributed by atoms with Crippen LogP contribution in [0.5, 0.6) is 0 Å². The summed E-state index contributed by atoms with van der Waals surface area (Å²) >= 11 is 0. The number of aliphatic imine (C=N–C) groups is 1. The van der Waals surface area contributed by atoms with E-state index in [0.717, 1.165) is 11.1 Å². The summed E-state index contributed by atoms with van der Waals surface area (Å²) in [6, 6.07) is 3.01. The minimum Gasteiger partial charge on any atom is -0.384 e. The highest BCUT2D eigenvalue weighted by atomic mass is 19.1. The van der Waals surface area contributed by atoms with Gasteiger partial charge in [-0.15, -0.1) is 0 Å². The lowest BCUT2D eigenvalue weighted by atomic mass is 9.94. The van der Waals surface area contributed by atoms with E-state index in [1.807, 2.05) is 0 Å². The Hall–Kier alpha value is -3.29. The number of fused-ring (bicyclic) bond motifs is 1. The van der Waals surface area contributed by atoms with E-state index >= 15 is 0 Å². The largest absolute Gasteiger partial charge is 0.384 e. The van der Waals surface area contributed by atoms with Gasteiger partial charge in [0.15, 0.2) is 5.66 Å². The van der Waals surface area contributed by atoms with Gasteiger partial charge in [0.2, 0.25) is 0 Å². The first kappa shape index (κ1) is 14.3. The molecule has 1 aliphatic heterocycles. The van der Waals surface area contributed by atoms with Crippen molar-refractivity contribution in [2.75, 3.05) is 0 Å². The van der Waals surface area contributed by atoms with Gasteiger partial charge in [0.25, 0.3) is 0 Å². The quantitative estimate of drug-likeness (QED) is 0.754. The lowest BCUT2D eigenvalue weighted by Gasteiger charge is -2.32. The molecule has 0 radical (unpaired) electrons. The second-order valence-electron chi connectivity index (χ2n) is 5.48. The summed E-state index contributed by atoms with van der Waals surface area (Å²) in [6.07, 6.45) is 11.8. The van der Waals surface area contributed by atoms with Crippen LogP contribution < -0.4 is 11.1 Å². The molecule has 0 aromatic carbocycles. The topological polar surface area (TPSA) is 93.5 Å². The SMILES string of the molecule is NC1=NC(Cc2ccc(F)cn2)(c2cnn3ccncc23)NC=C1. The molecule has 1 unspecified atom stereocenters. The van der Waals surface area contributed by atoms with Crippen molar-refractivity contribution in [3.05, 3.63) is 72.5 Å². The van der Waals surface area contributed by atoms with E-state index in [-0.39, 0.29) is 5.82 Å². The zero-order valence-corrected chi connectivity index (χ0v) is 12.6. The van der Waals surface area contributed by atoms with Crippen molar-refractivity contribution in [2.24, 2.45) is 10.7 Å². The summed E-state index contributed by atoms with van der Waals surface area (Å²) in [5.41, 5.74) is 7.36. The molecule has 0 aliphatic carbocycles. The maximum Gasteiger partial charge on any atom is 0.166 e. The molecule has 0 saturated carbocycles. The normalized spacial score (nSPS) is 20.0. The number of aromatic nitrogens is 4. The second-order valence-corrected chi connectivity index (χ2v) is 5.48. The Bertz CT molecular complexity index is 944. The summed E-state index contributed by atoms with van der Waals surface area (Å²) in [5, 5.41) is 7.60. The van der Waals surface area contributed by atoms with Gasteiger partial charge in [0, 0.05) is 36.3 Å². The van der Waals surface area contributed by atoms with Crippen molar-refractivity contribution in [1.29, 1.82) is 0 Å². The van der Waals surface area contributed by atoms with E-state index in [9.17, 15) is 4.39 Å². The van der Waals surface area contributed by atoms with E-state index in [0.29, 0.717) is 18.0 Å². The van der Waals surface area contributed by atoms with Crippen molar-refractivity contribution in [1.82, 2.24) is 24.9 Å². The fraction of sp³-hybridized carbons (Fsp3) is 0.125. The zero-order chi connectivity index (χ0) is 16.6. The number of hydrogen-bond donors (Lipinski definition) is 2. The number of hydrogen-bond acceptors (Lipinski definition) is 6. The summed E-state index contributed by atoms with van der Waals surface area (Å²) in [7, 11) is 0. The molecule has 8 heteroatoms. The average Bonchev–Trinajstić information content (AvgIpc) is 3.02. The number of pyridine rings is 1. The molecule has 0 fully saturated rings. The van der Waals surface area contributed by atoms with Crippen LogP contribution in [0.15, 0.2) is 60.4 Å². The first-order valence-electron chi connectivity index (χ1n) is 7.34. The monoisotopic (exact) mass is 323 g/mol. The van der Waals surface area contributed by atoms with Gasteiger partial charge in [-0.1, -0.05) is 0 Å². The van der Waals surface area contributed by atoms with Crippen LogP contribution in [0, 0.1) is 5.82 Å². The molecular formula is C16H14FN7. The fourth-order valence-electron chi connectivity index (χ4n) is 2.80.